The number of aliphatic hydroxyl groups excluding tert-OH is 1. The highest BCUT2D eigenvalue weighted by atomic mass is 16.5. The number of aromatic nitrogens is 5. The molecule has 3 aromatic heterocycles. The number of benzene rings is 2. The Morgan fingerprint density at radius 1 is 1.03 bits per heavy atom. The molecule has 0 spiro atoms. The van der Waals surface area contributed by atoms with E-state index in [9.17, 15) is 5.11 Å². The number of aliphatic hydroxyl groups is 1. The second kappa shape index (κ2) is 6.99. The number of fused-ring (bicyclic) bond motifs is 3. The molecule has 5 aromatic rings. The highest BCUT2D eigenvalue weighted by Crippen LogP contribution is 2.29. The Hall–Kier alpha value is -3.78. The van der Waals surface area contributed by atoms with Crippen LogP contribution in [-0.2, 0) is 13.2 Å². The Bertz CT molecular complexity index is 1320. The summed E-state index contributed by atoms with van der Waals surface area (Å²) in [6.45, 7) is 2.20. The predicted molar refractivity (Wildman–Crippen MR) is 105 cm³/mol. The molecule has 1 N–H and O–H groups in total. The molecule has 0 bridgehead atoms. The SMILES string of the molecule is Cc1ccccc1COc1nn2c(-c3cc(CO)on3)nnc2c2ccccc12. The van der Waals surface area contributed by atoms with Crippen LogP contribution in [0.5, 0.6) is 5.88 Å². The van der Waals surface area contributed by atoms with E-state index in [1.165, 1.54) is 0 Å². The van der Waals surface area contributed by atoms with Gasteiger partial charge in [-0.2, -0.15) is 4.52 Å². The van der Waals surface area contributed by atoms with Crippen LogP contribution in [0.3, 0.4) is 0 Å². The standard InChI is InChI=1S/C21H17N5O3/c1-13-6-2-3-7-14(13)12-28-21-17-9-5-4-8-16(17)19-22-23-20(26(19)24-21)18-10-15(11-27)29-25-18/h2-10,27H,11-12H2,1H3. The zero-order valence-electron chi connectivity index (χ0n) is 15.6. The molecule has 3 heterocycles. The molecule has 8 heteroatoms. The topological polar surface area (TPSA) is 98.6 Å². The summed E-state index contributed by atoms with van der Waals surface area (Å²) in [7, 11) is 0. The van der Waals surface area contributed by atoms with Gasteiger partial charge in [-0.15, -0.1) is 15.3 Å². The van der Waals surface area contributed by atoms with Gasteiger partial charge in [-0.3, -0.25) is 0 Å². The molecular formula is C21H17N5O3. The van der Waals surface area contributed by atoms with Crippen molar-refractivity contribution in [2.45, 2.75) is 20.1 Å². The van der Waals surface area contributed by atoms with Crippen molar-refractivity contribution >= 4 is 16.4 Å². The Labute approximate surface area is 165 Å². The van der Waals surface area contributed by atoms with E-state index in [1.54, 1.807) is 10.6 Å². The van der Waals surface area contributed by atoms with Gasteiger partial charge in [0.15, 0.2) is 17.1 Å². The van der Waals surface area contributed by atoms with Crippen molar-refractivity contribution in [3.63, 3.8) is 0 Å². The molecular weight excluding hydrogens is 370 g/mol. The van der Waals surface area contributed by atoms with E-state index in [0.29, 0.717) is 35.4 Å². The third-order valence-electron chi connectivity index (χ3n) is 4.80. The number of hydrogen-bond acceptors (Lipinski definition) is 7. The van der Waals surface area contributed by atoms with Gasteiger partial charge in [0.05, 0.1) is 0 Å². The monoisotopic (exact) mass is 387 g/mol. The van der Waals surface area contributed by atoms with E-state index in [4.69, 9.17) is 9.26 Å². The minimum atomic E-state index is -0.245. The quantitative estimate of drug-likeness (QED) is 0.494. The van der Waals surface area contributed by atoms with Crippen LogP contribution in [0.15, 0.2) is 59.1 Å². The average Bonchev–Trinajstić information content (AvgIpc) is 3.39. The summed E-state index contributed by atoms with van der Waals surface area (Å²) in [5.74, 6) is 1.23. The number of nitrogens with zero attached hydrogens (tertiary/aromatic N) is 5. The van der Waals surface area contributed by atoms with E-state index in [0.717, 1.165) is 21.9 Å². The van der Waals surface area contributed by atoms with Crippen LogP contribution in [0.2, 0.25) is 0 Å². The van der Waals surface area contributed by atoms with E-state index in [1.807, 2.05) is 42.5 Å². The number of hydrogen-bond donors (Lipinski definition) is 1. The molecule has 0 amide bonds. The molecule has 0 aliphatic rings. The summed E-state index contributed by atoms with van der Waals surface area (Å²) in [5.41, 5.74) is 3.27. The average molecular weight is 387 g/mol. The zero-order valence-corrected chi connectivity index (χ0v) is 15.6. The van der Waals surface area contributed by atoms with Crippen molar-refractivity contribution in [3.8, 4) is 17.4 Å². The number of aryl methyl sites for hydroxylation is 1. The van der Waals surface area contributed by atoms with Crippen LogP contribution in [0, 0.1) is 6.92 Å². The predicted octanol–water partition coefficient (Wildman–Crippen LogP) is 3.31. The van der Waals surface area contributed by atoms with Crippen molar-refractivity contribution in [2.24, 2.45) is 0 Å². The molecule has 0 aliphatic carbocycles. The van der Waals surface area contributed by atoms with Gasteiger partial charge in [-0.25, -0.2) is 0 Å². The molecule has 144 valence electrons. The first-order chi connectivity index (χ1) is 14.2. The number of ether oxygens (including phenoxy) is 1. The first-order valence-electron chi connectivity index (χ1n) is 9.13. The summed E-state index contributed by atoms with van der Waals surface area (Å²) in [4.78, 5) is 0. The first-order valence-corrected chi connectivity index (χ1v) is 9.13. The molecule has 0 saturated heterocycles. The highest BCUT2D eigenvalue weighted by molar-refractivity contribution is 5.96. The van der Waals surface area contributed by atoms with Crippen LogP contribution in [0.4, 0.5) is 0 Å². The lowest BCUT2D eigenvalue weighted by Crippen LogP contribution is -2.04. The van der Waals surface area contributed by atoms with Crippen LogP contribution < -0.4 is 4.74 Å². The highest BCUT2D eigenvalue weighted by Gasteiger charge is 2.18. The smallest absolute Gasteiger partial charge is 0.240 e. The second-order valence-corrected chi connectivity index (χ2v) is 6.66. The van der Waals surface area contributed by atoms with Crippen molar-refractivity contribution in [3.05, 3.63) is 71.5 Å². The second-order valence-electron chi connectivity index (χ2n) is 6.66. The van der Waals surface area contributed by atoms with Gasteiger partial charge in [0.1, 0.15) is 13.2 Å². The first kappa shape index (κ1) is 17.3. The van der Waals surface area contributed by atoms with Gasteiger partial charge >= 0.3 is 0 Å². The fourth-order valence-electron chi connectivity index (χ4n) is 3.23. The van der Waals surface area contributed by atoms with Crippen molar-refractivity contribution < 1.29 is 14.4 Å². The molecule has 0 radical (unpaired) electrons. The molecule has 5 rings (SSSR count). The van der Waals surface area contributed by atoms with Crippen LogP contribution in [0.25, 0.3) is 27.9 Å². The Morgan fingerprint density at radius 3 is 2.62 bits per heavy atom. The van der Waals surface area contributed by atoms with Gasteiger partial charge in [0.25, 0.3) is 0 Å². The summed E-state index contributed by atoms with van der Waals surface area (Å²) in [6, 6.07) is 17.5. The maximum Gasteiger partial charge on any atom is 0.240 e. The fourth-order valence-corrected chi connectivity index (χ4v) is 3.23. The van der Waals surface area contributed by atoms with Gasteiger partial charge in [-0.1, -0.05) is 47.6 Å². The van der Waals surface area contributed by atoms with Gasteiger partial charge in [0.2, 0.25) is 11.7 Å². The van der Waals surface area contributed by atoms with E-state index in [-0.39, 0.29) is 6.61 Å². The summed E-state index contributed by atoms with van der Waals surface area (Å²) < 4.78 is 12.8. The Kier molecular flexibility index (Phi) is 4.18. The maximum atomic E-state index is 9.24. The number of rotatable bonds is 5. The zero-order chi connectivity index (χ0) is 19.8. The van der Waals surface area contributed by atoms with Crippen LogP contribution in [0.1, 0.15) is 16.9 Å². The Morgan fingerprint density at radius 2 is 1.83 bits per heavy atom. The molecule has 0 fully saturated rings. The molecule has 0 unspecified atom stereocenters. The van der Waals surface area contributed by atoms with E-state index >= 15 is 0 Å². The van der Waals surface area contributed by atoms with E-state index < -0.39 is 0 Å². The Balaban J connectivity index is 1.64. The lowest BCUT2D eigenvalue weighted by molar-refractivity contribution is 0.229. The van der Waals surface area contributed by atoms with Crippen molar-refractivity contribution in [1.82, 2.24) is 25.0 Å². The molecule has 0 atom stereocenters. The lowest BCUT2D eigenvalue weighted by atomic mass is 10.1. The third kappa shape index (κ3) is 2.99. The van der Waals surface area contributed by atoms with Crippen LogP contribution in [-0.4, -0.2) is 30.1 Å². The lowest BCUT2D eigenvalue weighted by Gasteiger charge is -2.11. The summed E-state index contributed by atoms with van der Waals surface area (Å²) in [6.07, 6.45) is 0. The van der Waals surface area contributed by atoms with Gasteiger partial charge in [0, 0.05) is 16.8 Å². The van der Waals surface area contributed by atoms with Crippen LogP contribution >= 0.6 is 0 Å². The summed E-state index contributed by atoms with van der Waals surface area (Å²) >= 11 is 0. The minimum Gasteiger partial charge on any atom is -0.471 e. The molecule has 0 saturated carbocycles. The molecule has 2 aromatic carbocycles. The molecule has 29 heavy (non-hydrogen) atoms. The van der Waals surface area contributed by atoms with Crippen molar-refractivity contribution in [2.75, 3.05) is 0 Å². The van der Waals surface area contributed by atoms with Gasteiger partial charge in [-0.05, 0) is 24.1 Å². The maximum absolute atomic E-state index is 9.24. The van der Waals surface area contributed by atoms with Gasteiger partial charge < -0.3 is 14.4 Å². The van der Waals surface area contributed by atoms with Crippen molar-refractivity contribution in [1.29, 1.82) is 0 Å². The molecule has 0 aliphatic heterocycles. The minimum absolute atomic E-state index is 0.245. The van der Waals surface area contributed by atoms with E-state index in [2.05, 4.69) is 33.4 Å². The fraction of sp³-hybridized carbons (Fsp3) is 0.143. The molecule has 8 nitrogen and oxygen atoms in total. The third-order valence-corrected chi connectivity index (χ3v) is 4.80. The summed E-state index contributed by atoms with van der Waals surface area (Å²) in [5, 5.41) is 28.1. The normalized spacial score (nSPS) is 11.4. The largest absolute Gasteiger partial charge is 0.471 e.